The largest absolute Gasteiger partial charge is 0.495 e. The van der Waals surface area contributed by atoms with Gasteiger partial charge in [0.05, 0.1) is 24.6 Å². The molecule has 3 aliphatic carbocycles. The fourth-order valence-corrected chi connectivity index (χ4v) is 4.36. The number of methoxy groups -OCH3 is 1. The van der Waals surface area contributed by atoms with Crippen molar-refractivity contribution in [3.05, 3.63) is 36.4 Å². The maximum atomic E-state index is 12.7. The molecule has 1 heterocycles. The number of nitrogens with one attached hydrogen (secondary N) is 2. The van der Waals surface area contributed by atoms with E-state index in [0.29, 0.717) is 11.4 Å². The summed E-state index contributed by atoms with van der Waals surface area (Å²) in [7, 11) is 1.52. The molecule has 7 nitrogen and oxygen atoms in total. The fourth-order valence-electron chi connectivity index (χ4n) is 4.36. The molecule has 0 aromatic heterocycles. The van der Waals surface area contributed by atoms with Gasteiger partial charge in [-0.2, -0.15) is 0 Å². The Morgan fingerprint density at radius 3 is 2.31 bits per heavy atom. The first-order chi connectivity index (χ1) is 12.6. The van der Waals surface area contributed by atoms with Gasteiger partial charge in [0.2, 0.25) is 11.8 Å². The third kappa shape index (κ3) is 2.64. The minimum Gasteiger partial charge on any atom is -0.495 e. The molecule has 2 fully saturated rings. The number of hydrogen-bond acceptors (Lipinski definition) is 4. The number of fused-ring (bicyclic) bond motifs is 1. The van der Waals surface area contributed by atoms with E-state index in [1.165, 1.54) is 12.0 Å². The predicted octanol–water partition coefficient (Wildman–Crippen LogP) is 1.97. The Morgan fingerprint density at radius 2 is 1.73 bits per heavy atom. The number of benzene rings is 1. The molecule has 26 heavy (non-hydrogen) atoms. The molecule has 1 saturated carbocycles. The Hall–Kier alpha value is -2.83. The van der Waals surface area contributed by atoms with Crippen LogP contribution in [-0.4, -0.2) is 36.5 Å². The van der Waals surface area contributed by atoms with Crippen molar-refractivity contribution in [1.82, 2.24) is 10.2 Å². The number of urea groups is 1. The van der Waals surface area contributed by atoms with Gasteiger partial charge in [-0.1, -0.05) is 24.3 Å². The van der Waals surface area contributed by atoms with Crippen molar-refractivity contribution >= 4 is 23.5 Å². The van der Waals surface area contributed by atoms with E-state index in [-0.39, 0.29) is 42.2 Å². The van der Waals surface area contributed by atoms with Gasteiger partial charge in [0.15, 0.2) is 0 Å². The van der Waals surface area contributed by atoms with E-state index in [2.05, 4.69) is 22.8 Å². The summed E-state index contributed by atoms with van der Waals surface area (Å²) in [5, 5.41) is 5.27. The standard InChI is InChI=1S/C19H21N3O4/c1-26-14-5-3-2-4-13(14)21-19(25)20-10-22-17(23)15-11-6-7-12(9-8-11)16(15)18(22)24/h2-7,11-12,15-16H,8-10H2,1H3,(H2,20,21,25). The van der Waals surface area contributed by atoms with Crippen LogP contribution in [0.1, 0.15) is 12.8 Å². The molecule has 4 atom stereocenters. The first-order valence-corrected chi connectivity index (χ1v) is 8.81. The fraction of sp³-hybridized carbons (Fsp3) is 0.421. The lowest BCUT2D eigenvalue weighted by Gasteiger charge is -2.38. The molecular weight excluding hydrogens is 334 g/mol. The highest BCUT2D eigenvalue weighted by atomic mass is 16.5. The normalized spacial score (nSPS) is 28.9. The highest BCUT2D eigenvalue weighted by Crippen LogP contribution is 2.49. The predicted molar refractivity (Wildman–Crippen MR) is 94.2 cm³/mol. The number of nitrogens with zero attached hydrogens (tertiary/aromatic N) is 1. The van der Waals surface area contributed by atoms with Crippen molar-refractivity contribution in [2.45, 2.75) is 12.8 Å². The van der Waals surface area contributed by atoms with Crippen LogP contribution in [-0.2, 0) is 9.59 Å². The molecule has 0 spiro atoms. The first-order valence-electron chi connectivity index (χ1n) is 8.81. The molecule has 2 N–H and O–H groups in total. The van der Waals surface area contributed by atoms with Crippen molar-refractivity contribution in [2.75, 3.05) is 19.1 Å². The van der Waals surface area contributed by atoms with E-state index in [9.17, 15) is 14.4 Å². The van der Waals surface area contributed by atoms with Crippen LogP contribution >= 0.6 is 0 Å². The molecular formula is C19H21N3O4. The summed E-state index contributed by atoms with van der Waals surface area (Å²) in [6.45, 7) is -0.120. The summed E-state index contributed by atoms with van der Waals surface area (Å²) in [5.74, 6) is -0.0312. The van der Waals surface area contributed by atoms with E-state index >= 15 is 0 Å². The topological polar surface area (TPSA) is 87.7 Å². The Kier molecular flexibility index (Phi) is 4.14. The summed E-state index contributed by atoms with van der Waals surface area (Å²) >= 11 is 0. The van der Waals surface area contributed by atoms with Crippen molar-refractivity contribution in [2.24, 2.45) is 23.7 Å². The third-order valence-electron chi connectivity index (χ3n) is 5.60. The van der Waals surface area contributed by atoms with Gasteiger partial charge in [0, 0.05) is 0 Å². The van der Waals surface area contributed by atoms with Gasteiger partial charge in [-0.3, -0.25) is 14.5 Å². The molecule has 4 unspecified atom stereocenters. The van der Waals surface area contributed by atoms with Crippen LogP contribution in [0.25, 0.3) is 0 Å². The van der Waals surface area contributed by atoms with Gasteiger partial charge in [-0.15, -0.1) is 0 Å². The van der Waals surface area contributed by atoms with Crippen LogP contribution in [0.5, 0.6) is 5.75 Å². The van der Waals surface area contributed by atoms with Crippen molar-refractivity contribution in [1.29, 1.82) is 0 Å². The zero-order valence-corrected chi connectivity index (χ0v) is 14.5. The van der Waals surface area contributed by atoms with Crippen molar-refractivity contribution < 1.29 is 19.1 Å². The number of rotatable bonds is 4. The monoisotopic (exact) mass is 355 g/mol. The van der Waals surface area contributed by atoms with Gasteiger partial charge in [-0.05, 0) is 36.8 Å². The molecule has 136 valence electrons. The summed E-state index contributed by atoms with van der Waals surface area (Å²) < 4.78 is 5.18. The molecule has 0 radical (unpaired) electrons. The average Bonchev–Trinajstić information content (AvgIpc) is 2.94. The highest BCUT2D eigenvalue weighted by Gasteiger charge is 2.56. The number of hydrogen-bond donors (Lipinski definition) is 2. The van der Waals surface area contributed by atoms with Crippen LogP contribution in [0.2, 0.25) is 0 Å². The second-order valence-electron chi connectivity index (χ2n) is 6.94. The number of amides is 4. The maximum absolute atomic E-state index is 12.7. The van der Waals surface area contributed by atoms with Gasteiger partial charge in [0.25, 0.3) is 0 Å². The molecule has 2 bridgehead atoms. The number of para-hydroxylation sites is 2. The van der Waals surface area contributed by atoms with E-state index < -0.39 is 6.03 Å². The Bertz CT molecular complexity index is 759. The van der Waals surface area contributed by atoms with Crippen molar-refractivity contribution in [3.8, 4) is 5.75 Å². The lowest BCUT2D eigenvalue weighted by Crippen LogP contribution is -2.43. The average molecular weight is 355 g/mol. The summed E-state index contributed by atoms with van der Waals surface area (Å²) in [6, 6.07) is 6.53. The number of likely N-dealkylation sites (tertiary alicyclic amines) is 1. The molecule has 7 heteroatoms. The number of carbonyl (C=O) groups excluding carboxylic acids is 3. The molecule has 1 saturated heterocycles. The molecule has 4 aliphatic rings. The smallest absolute Gasteiger partial charge is 0.320 e. The van der Waals surface area contributed by atoms with Gasteiger partial charge < -0.3 is 15.4 Å². The van der Waals surface area contributed by atoms with E-state index in [1.807, 2.05) is 0 Å². The first kappa shape index (κ1) is 16.6. The van der Waals surface area contributed by atoms with E-state index in [1.54, 1.807) is 24.3 Å². The number of allylic oxidation sites excluding steroid dienone is 2. The SMILES string of the molecule is COc1ccccc1NC(=O)NCN1C(=O)C2C3C=CC(CC3)C2C1=O. The number of carbonyl (C=O) groups is 3. The molecule has 1 aliphatic heterocycles. The molecule has 4 amide bonds. The van der Waals surface area contributed by atoms with Crippen molar-refractivity contribution in [3.63, 3.8) is 0 Å². The molecule has 1 aromatic rings. The zero-order valence-electron chi connectivity index (χ0n) is 14.5. The second-order valence-corrected chi connectivity index (χ2v) is 6.94. The molecule has 1 aromatic carbocycles. The summed E-state index contributed by atoms with van der Waals surface area (Å²) in [6.07, 6.45) is 6.06. The van der Waals surface area contributed by atoms with Crippen LogP contribution in [0.4, 0.5) is 10.5 Å². The summed E-state index contributed by atoms with van der Waals surface area (Å²) in [5.41, 5.74) is 0.516. The van der Waals surface area contributed by atoms with Crippen LogP contribution in [0, 0.1) is 23.7 Å². The van der Waals surface area contributed by atoms with E-state index in [0.717, 1.165) is 12.8 Å². The minimum absolute atomic E-state index is 0.120. The van der Waals surface area contributed by atoms with Gasteiger partial charge in [0.1, 0.15) is 12.4 Å². The van der Waals surface area contributed by atoms with Crippen LogP contribution in [0.3, 0.4) is 0 Å². The Balaban J connectivity index is 1.40. The van der Waals surface area contributed by atoms with Gasteiger partial charge in [-0.25, -0.2) is 4.79 Å². The highest BCUT2D eigenvalue weighted by molar-refractivity contribution is 6.06. The minimum atomic E-state index is -0.494. The summed E-state index contributed by atoms with van der Waals surface area (Å²) in [4.78, 5) is 38.7. The van der Waals surface area contributed by atoms with Crippen LogP contribution < -0.4 is 15.4 Å². The number of anilines is 1. The Morgan fingerprint density at radius 1 is 1.12 bits per heavy atom. The van der Waals surface area contributed by atoms with E-state index in [4.69, 9.17) is 4.74 Å². The number of imide groups is 1. The lowest BCUT2D eigenvalue weighted by molar-refractivity contribution is -0.140. The third-order valence-corrected chi connectivity index (χ3v) is 5.60. The molecule has 5 rings (SSSR count). The van der Waals surface area contributed by atoms with Crippen LogP contribution in [0.15, 0.2) is 36.4 Å². The Labute approximate surface area is 151 Å². The maximum Gasteiger partial charge on any atom is 0.320 e. The van der Waals surface area contributed by atoms with Gasteiger partial charge >= 0.3 is 6.03 Å². The number of ether oxygens (including phenoxy) is 1. The zero-order chi connectivity index (χ0) is 18.3. The lowest BCUT2D eigenvalue weighted by atomic mass is 9.63. The quantitative estimate of drug-likeness (QED) is 0.638. The second kappa shape index (κ2) is 6.48.